The standard InChI is InChI=1S/C13H16N2O3/c16-8-9-1-4-11(5-2-9)15-13(18)10-3-6-12(17)14-7-10/h1-2,4-5,10,16H,3,6-8H2,(H,14,17)(H,15,18). The zero-order chi connectivity index (χ0) is 13.0. The largest absolute Gasteiger partial charge is 0.392 e. The summed E-state index contributed by atoms with van der Waals surface area (Å²) in [4.78, 5) is 22.9. The number of carbonyl (C=O) groups excluding carboxylic acids is 2. The van der Waals surface area contributed by atoms with Gasteiger partial charge in [0.25, 0.3) is 0 Å². The number of piperidine rings is 1. The molecule has 2 amide bonds. The van der Waals surface area contributed by atoms with Gasteiger partial charge in [-0.15, -0.1) is 0 Å². The Morgan fingerprint density at radius 1 is 1.39 bits per heavy atom. The molecule has 1 heterocycles. The molecule has 1 aromatic rings. The molecule has 2 rings (SSSR count). The Kier molecular flexibility index (Phi) is 3.94. The highest BCUT2D eigenvalue weighted by Gasteiger charge is 2.24. The summed E-state index contributed by atoms with van der Waals surface area (Å²) in [6, 6.07) is 7.03. The molecule has 1 unspecified atom stereocenters. The van der Waals surface area contributed by atoms with E-state index >= 15 is 0 Å². The summed E-state index contributed by atoms with van der Waals surface area (Å²) in [7, 11) is 0. The van der Waals surface area contributed by atoms with Crippen LogP contribution in [0.4, 0.5) is 5.69 Å². The average molecular weight is 248 g/mol. The van der Waals surface area contributed by atoms with Gasteiger partial charge in [0.05, 0.1) is 12.5 Å². The fraction of sp³-hybridized carbons (Fsp3) is 0.385. The molecular formula is C13H16N2O3. The van der Waals surface area contributed by atoms with Crippen molar-refractivity contribution in [2.24, 2.45) is 5.92 Å². The van der Waals surface area contributed by atoms with Crippen molar-refractivity contribution in [1.29, 1.82) is 0 Å². The van der Waals surface area contributed by atoms with Gasteiger partial charge in [-0.1, -0.05) is 12.1 Å². The Morgan fingerprint density at radius 3 is 2.67 bits per heavy atom. The molecule has 0 aliphatic carbocycles. The number of aliphatic hydroxyl groups is 1. The first-order valence-corrected chi connectivity index (χ1v) is 5.96. The number of amides is 2. The van der Waals surface area contributed by atoms with Crippen LogP contribution in [0.5, 0.6) is 0 Å². The van der Waals surface area contributed by atoms with E-state index in [1.807, 2.05) is 0 Å². The Morgan fingerprint density at radius 2 is 2.11 bits per heavy atom. The van der Waals surface area contributed by atoms with Crippen molar-refractivity contribution in [1.82, 2.24) is 5.32 Å². The van der Waals surface area contributed by atoms with Crippen LogP contribution in [0.25, 0.3) is 0 Å². The Balaban J connectivity index is 1.92. The van der Waals surface area contributed by atoms with Gasteiger partial charge in [-0.05, 0) is 24.1 Å². The smallest absolute Gasteiger partial charge is 0.229 e. The molecule has 1 fully saturated rings. The van der Waals surface area contributed by atoms with Crippen LogP contribution in [0.2, 0.25) is 0 Å². The summed E-state index contributed by atoms with van der Waals surface area (Å²) in [6.07, 6.45) is 0.994. The molecule has 0 aromatic heterocycles. The lowest BCUT2D eigenvalue weighted by molar-refractivity contribution is -0.126. The van der Waals surface area contributed by atoms with Crippen LogP contribution in [-0.2, 0) is 16.2 Å². The zero-order valence-corrected chi connectivity index (χ0v) is 9.98. The van der Waals surface area contributed by atoms with Crippen LogP contribution in [0, 0.1) is 5.92 Å². The molecule has 5 heteroatoms. The number of hydrogen-bond acceptors (Lipinski definition) is 3. The molecule has 18 heavy (non-hydrogen) atoms. The fourth-order valence-corrected chi connectivity index (χ4v) is 1.89. The van der Waals surface area contributed by atoms with Gasteiger partial charge in [0.15, 0.2) is 0 Å². The SMILES string of the molecule is O=C1CCC(C(=O)Nc2ccc(CO)cc2)CN1. The third-order valence-electron chi connectivity index (χ3n) is 3.04. The van der Waals surface area contributed by atoms with E-state index in [-0.39, 0.29) is 24.3 Å². The summed E-state index contributed by atoms with van der Waals surface area (Å²) in [5, 5.41) is 14.4. The van der Waals surface area contributed by atoms with Gasteiger partial charge in [0.2, 0.25) is 11.8 Å². The normalized spacial score (nSPS) is 19.2. The minimum atomic E-state index is -0.166. The van der Waals surface area contributed by atoms with Crippen molar-refractivity contribution in [3.8, 4) is 0 Å². The first-order chi connectivity index (χ1) is 8.69. The molecule has 0 bridgehead atoms. The highest BCUT2D eigenvalue weighted by molar-refractivity contribution is 5.94. The van der Waals surface area contributed by atoms with Crippen molar-refractivity contribution >= 4 is 17.5 Å². The third-order valence-corrected chi connectivity index (χ3v) is 3.04. The molecule has 1 aliphatic rings. The van der Waals surface area contributed by atoms with Gasteiger partial charge in [-0.3, -0.25) is 9.59 Å². The molecule has 0 saturated carbocycles. The summed E-state index contributed by atoms with van der Waals surface area (Å²) in [6.45, 7) is 0.391. The Labute approximate surface area is 105 Å². The van der Waals surface area contributed by atoms with Crippen LogP contribution in [0.3, 0.4) is 0 Å². The predicted molar refractivity (Wildman–Crippen MR) is 66.7 cm³/mol. The van der Waals surface area contributed by atoms with E-state index in [0.717, 1.165) is 5.56 Å². The lowest BCUT2D eigenvalue weighted by Gasteiger charge is -2.21. The maximum Gasteiger partial charge on any atom is 0.229 e. The molecule has 5 nitrogen and oxygen atoms in total. The first-order valence-electron chi connectivity index (χ1n) is 5.96. The van der Waals surface area contributed by atoms with Crippen molar-refractivity contribution in [2.45, 2.75) is 19.4 Å². The lowest BCUT2D eigenvalue weighted by Crippen LogP contribution is -2.40. The monoisotopic (exact) mass is 248 g/mol. The molecule has 0 spiro atoms. The molecule has 0 radical (unpaired) electrons. The van der Waals surface area contributed by atoms with Crippen LogP contribution >= 0.6 is 0 Å². The van der Waals surface area contributed by atoms with E-state index in [9.17, 15) is 9.59 Å². The summed E-state index contributed by atoms with van der Waals surface area (Å²) < 4.78 is 0. The highest BCUT2D eigenvalue weighted by Crippen LogP contribution is 2.15. The third kappa shape index (κ3) is 3.07. The number of carbonyl (C=O) groups is 2. The minimum Gasteiger partial charge on any atom is -0.392 e. The average Bonchev–Trinajstić information content (AvgIpc) is 2.40. The highest BCUT2D eigenvalue weighted by atomic mass is 16.3. The summed E-state index contributed by atoms with van der Waals surface area (Å²) in [5.41, 5.74) is 1.51. The topological polar surface area (TPSA) is 78.4 Å². The van der Waals surface area contributed by atoms with E-state index in [2.05, 4.69) is 10.6 Å². The Hall–Kier alpha value is -1.88. The van der Waals surface area contributed by atoms with Crippen molar-refractivity contribution < 1.29 is 14.7 Å². The second-order valence-electron chi connectivity index (χ2n) is 4.38. The number of benzene rings is 1. The molecular weight excluding hydrogens is 232 g/mol. The second kappa shape index (κ2) is 5.64. The number of aliphatic hydroxyl groups excluding tert-OH is 1. The maximum absolute atomic E-state index is 11.9. The van der Waals surface area contributed by atoms with Gasteiger partial charge in [-0.25, -0.2) is 0 Å². The second-order valence-corrected chi connectivity index (χ2v) is 4.38. The molecule has 96 valence electrons. The van der Waals surface area contributed by atoms with Crippen molar-refractivity contribution in [3.05, 3.63) is 29.8 Å². The van der Waals surface area contributed by atoms with Gasteiger partial charge < -0.3 is 15.7 Å². The van der Waals surface area contributed by atoms with Crippen LogP contribution in [-0.4, -0.2) is 23.5 Å². The molecule has 3 N–H and O–H groups in total. The van der Waals surface area contributed by atoms with E-state index in [1.165, 1.54) is 0 Å². The summed E-state index contributed by atoms with van der Waals surface area (Å²) in [5.74, 6) is -0.238. The van der Waals surface area contributed by atoms with E-state index < -0.39 is 0 Å². The molecule has 1 atom stereocenters. The van der Waals surface area contributed by atoms with E-state index in [1.54, 1.807) is 24.3 Å². The van der Waals surface area contributed by atoms with Gasteiger partial charge in [0, 0.05) is 18.7 Å². The predicted octanol–water partition coefficient (Wildman–Crippen LogP) is 0.644. The molecule has 1 aliphatic heterocycles. The fourth-order valence-electron chi connectivity index (χ4n) is 1.89. The van der Waals surface area contributed by atoms with Gasteiger partial charge in [0.1, 0.15) is 0 Å². The van der Waals surface area contributed by atoms with Crippen molar-refractivity contribution in [2.75, 3.05) is 11.9 Å². The number of rotatable bonds is 3. The number of nitrogens with one attached hydrogen (secondary N) is 2. The Bertz CT molecular complexity index is 432. The van der Waals surface area contributed by atoms with E-state index in [0.29, 0.717) is 25.1 Å². The quantitative estimate of drug-likeness (QED) is 0.734. The molecule has 1 aromatic carbocycles. The first kappa shape index (κ1) is 12.6. The summed E-state index contributed by atoms with van der Waals surface area (Å²) >= 11 is 0. The minimum absolute atomic E-state index is 0.00588. The molecule has 1 saturated heterocycles. The zero-order valence-electron chi connectivity index (χ0n) is 9.98. The van der Waals surface area contributed by atoms with Gasteiger partial charge in [-0.2, -0.15) is 0 Å². The van der Waals surface area contributed by atoms with E-state index in [4.69, 9.17) is 5.11 Å². The number of hydrogen-bond donors (Lipinski definition) is 3. The van der Waals surface area contributed by atoms with Crippen LogP contribution in [0.1, 0.15) is 18.4 Å². The van der Waals surface area contributed by atoms with Crippen LogP contribution < -0.4 is 10.6 Å². The maximum atomic E-state index is 11.9. The van der Waals surface area contributed by atoms with Crippen molar-refractivity contribution in [3.63, 3.8) is 0 Å². The van der Waals surface area contributed by atoms with Crippen LogP contribution in [0.15, 0.2) is 24.3 Å². The lowest BCUT2D eigenvalue weighted by atomic mass is 9.98. The van der Waals surface area contributed by atoms with Gasteiger partial charge >= 0.3 is 0 Å². The number of anilines is 1.